The first-order chi connectivity index (χ1) is 26.8. The van der Waals surface area contributed by atoms with Gasteiger partial charge in [-0.2, -0.15) is 0 Å². The van der Waals surface area contributed by atoms with E-state index in [2.05, 4.69) is 34.6 Å². The number of esters is 1. The molecule has 0 atom stereocenters. The molecule has 0 radical (unpaired) electrons. The lowest BCUT2D eigenvalue weighted by molar-refractivity contribution is -0.132. The fourth-order valence-corrected chi connectivity index (χ4v) is 6.71. The quantitative estimate of drug-likeness (QED) is 0.0359. The van der Waals surface area contributed by atoms with E-state index in [1.807, 2.05) is 0 Å². The van der Waals surface area contributed by atoms with Gasteiger partial charge in [0.25, 0.3) is 0 Å². The zero-order chi connectivity index (χ0) is 39.8. The summed E-state index contributed by atoms with van der Waals surface area (Å²) in [5, 5.41) is 0. The van der Waals surface area contributed by atoms with Crippen molar-refractivity contribution < 1.29 is 42.8 Å². The number of unbranched alkanes of at least 4 members (excludes halogenated alkanes) is 15. The molecule has 0 saturated carbocycles. The molecule has 0 unspecified atom stereocenters. The van der Waals surface area contributed by atoms with Crippen LogP contribution < -0.4 is 28.4 Å². The lowest BCUT2D eigenvalue weighted by Gasteiger charge is -2.27. The van der Waals surface area contributed by atoms with Crippen molar-refractivity contribution in [3.63, 3.8) is 0 Å². The van der Waals surface area contributed by atoms with E-state index in [0.717, 1.165) is 128 Å². The van der Waals surface area contributed by atoms with Crippen LogP contribution in [0.15, 0.2) is 12.1 Å². The Hall–Kier alpha value is -3.75. The number of ether oxygens (including phenoxy) is 6. The largest absolute Gasteiger partial charge is 0.490 e. The summed E-state index contributed by atoms with van der Waals surface area (Å²) in [5.41, 5.74) is 0.309. The van der Waals surface area contributed by atoms with E-state index < -0.39 is 17.5 Å². The van der Waals surface area contributed by atoms with Crippen molar-refractivity contribution in [3.8, 4) is 34.5 Å². The number of carbonyl (C=O) groups excluding carboxylic acids is 3. The van der Waals surface area contributed by atoms with Gasteiger partial charge in [-0.05, 0) is 44.2 Å². The lowest BCUT2D eigenvalue weighted by atomic mass is 9.82. The molecular weight excluding hydrogens is 696 g/mol. The molecule has 0 bridgehead atoms. The fraction of sp³-hybridized carbons (Fsp3) is 0.674. The Labute approximate surface area is 331 Å². The Bertz CT molecular complexity index is 1480. The fourth-order valence-electron chi connectivity index (χ4n) is 6.71. The van der Waals surface area contributed by atoms with E-state index in [1.165, 1.54) is 6.92 Å². The number of hydrogen-bond acceptors (Lipinski definition) is 9. The summed E-state index contributed by atoms with van der Waals surface area (Å²) in [6.07, 6.45) is 19.8. The zero-order valence-corrected chi connectivity index (χ0v) is 35.0. The minimum atomic E-state index is -0.636. The van der Waals surface area contributed by atoms with E-state index in [9.17, 15) is 14.4 Å². The van der Waals surface area contributed by atoms with Crippen LogP contribution in [0.2, 0.25) is 0 Å². The Morgan fingerprint density at radius 2 is 0.727 bits per heavy atom. The molecule has 2 aromatic carbocycles. The maximum Gasteiger partial charge on any atom is 0.308 e. The van der Waals surface area contributed by atoms with Crippen LogP contribution in [-0.2, 0) is 4.79 Å². The van der Waals surface area contributed by atoms with Crippen LogP contribution in [0.3, 0.4) is 0 Å². The standard InChI is InChI=1S/C46H70O9/c1-7-12-17-22-27-50-37-32-35-39(45(54-31-26-21-16-11-5)43(37)52-29-24-19-14-9-3)41(48)36-33-38(51-28-23-18-13-8-2)44(53-30-25-20-15-10-4)46(55-34(6)47)40(36)42(35)49/h32-33H,7-31H2,1-6H3. The number of carbonyl (C=O) groups is 3. The predicted molar refractivity (Wildman–Crippen MR) is 219 cm³/mol. The van der Waals surface area contributed by atoms with E-state index in [0.29, 0.717) is 44.5 Å². The van der Waals surface area contributed by atoms with Crippen LogP contribution in [-0.4, -0.2) is 50.6 Å². The zero-order valence-electron chi connectivity index (χ0n) is 35.0. The van der Waals surface area contributed by atoms with Gasteiger partial charge in [-0.1, -0.05) is 131 Å². The van der Waals surface area contributed by atoms with Gasteiger partial charge in [0.05, 0.1) is 44.2 Å². The van der Waals surface area contributed by atoms with Gasteiger partial charge in [-0.3, -0.25) is 14.4 Å². The van der Waals surface area contributed by atoms with Crippen LogP contribution in [0.4, 0.5) is 0 Å². The average Bonchev–Trinajstić information content (AvgIpc) is 3.17. The smallest absolute Gasteiger partial charge is 0.308 e. The monoisotopic (exact) mass is 767 g/mol. The molecule has 1 aliphatic rings. The molecule has 0 aliphatic heterocycles. The Balaban J connectivity index is 2.23. The summed E-state index contributed by atoms with van der Waals surface area (Å²) >= 11 is 0. The molecule has 9 heteroatoms. The van der Waals surface area contributed by atoms with E-state index in [4.69, 9.17) is 28.4 Å². The molecule has 9 nitrogen and oxygen atoms in total. The highest BCUT2D eigenvalue weighted by Crippen LogP contribution is 2.51. The molecule has 1 aliphatic carbocycles. The van der Waals surface area contributed by atoms with Crippen molar-refractivity contribution >= 4 is 17.5 Å². The summed E-state index contributed by atoms with van der Waals surface area (Å²) in [6, 6.07) is 3.20. The first-order valence-electron chi connectivity index (χ1n) is 21.7. The van der Waals surface area contributed by atoms with Gasteiger partial charge < -0.3 is 28.4 Å². The highest BCUT2D eigenvalue weighted by Gasteiger charge is 2.41. The summed E-state index contributed by atoms with van der Waals surface area (Å²) in [5.74, 6) is -0.256. The molecule has 0 spiro atoms. The molecule has 2 aromatic rings. The second-order valence-corrected chi connectivity index (χ2v) is 14.7. The highest BCUT2D eigenvalue weighted by atomic mass is 16.6. The van der Waals surface area contributed by atoms with Gasteiger partial charge in [0, 0.05) is 18.1 Å². The number of rotatable bonds is 31. The molecule has 0 heterocycles. The first kappa shape index (κ1) is 45.6. The highest BCUT2D eigenvalue weighted by molar-refractivity contribution is 6.31. The summed E-state index contributed by atoms with van der Waals surface area (Å²) in [6.45, 7) is 14.0. The third-order valence-corrected chi connectivity index (χ3v) is 9.84. The topological polar surface area (TPSA) is 107 Å². The maximum absolute atomic E-state index is 14.9. The van der Waals surface area contributed by atoms with E-state index in [-0.39, 0.29) is 45.3 Å². The minimum Gasteiger partial charge on any atom is -0.490 e. The Morgan fingerprint density at radius 3 is 1.07 bits per heavy atom. The molecule has 0 aromatic heterocycles. The van der Waals surface area contributed by atoms with Gasteiger partial charge in [0.2, 0.25) is 11.5 Å². The molecule has 0 amide bonds. The maximum atomic E-state index is 14.9. The summed E-state index contributed by atoms with van der Waals surface area (Å²) < 4.78 is 37.8. The number of fused-ring (bicyclic) bond motifs is 2. The molecular formula is C46H70O9. The number of hydrogen-bond donors (Lipinski definition) is 0. The third-order valence-electron chi connectivity index (χ3n) is 9.84. The molecule has 0 fully saturated rings. The first-order valence-corrected chi connectivity index (χ1v) is 21.7. The number of ketones is 2. The van der Waals surface area contributed by atoms with Crippen LogP contribution in [0.1, 0.15) is 202 Å². The summed E-state index contributed by atoms with van der Waals surface area (Å²) in [4.78, 5) is 42.4. The molecule has 308 valence electrons. The van der Waals surface area contributed by atoms with Gasteiger partial charge in [-0.15, -0.1) is 0 Å². The third kappa shape index (κ3) is 14.0. The van der Waals surface area contributed by atoms with Crippen molar-refractivity contribution in [3.05, 3.63) is 34.4 Å². The van der Waals surface area contributed by atoms with E-state index >= 15 is 0 Å². The SMILES string of the molecule is CCCCCCOc1cc2c(c(OCCCCCC)c1OCCCCCC)C(=O)c1cc(OCCCCCC)c(OCCCCCC)c(OC(C)=O)c1C2=O. The van der Waals surface area contributed by atoms with Crippen molar-refractivity contribution in [2.24, 2.45) is 0 Å². The van der Waals surface area contributed by atoms with Crippen molar-refractivity contribution in [2.75, 3.05) is 33.0 Å². The van der Waals surface area contributed by atoms with Crippen molar-refractivity contribution in [1.29, 1.82) is 0 Å². The molecule has 0 N–H and O–H groups in total. The molecule has 3 rings (SSSR count). The second-order valence-electron chi connectivity index (χ2n) is 14.7. The van der Waals surface area contributed by atoms with Gasteiger partial charge in [0.15, 0.2) is 34.6 Å². The van der Waals surface area contributed by atoms with Gasteiger partial charge in [-0.25, -0.2) is 0 Å². The van der Waals surface area contributed by atoms with Crippen molar-refractivity contribution in [1.82, 2.24) is 0 Å². The van der Waals surface area contributed by atoms with Crippen LogP contribution >= 0.6 is 0 Å². The minimum absolute atomic E-state index is 0.0226. The van der Waals surface area contributed by atoms with Crippen molar-refractivity contribution in [2.45, 2.75) is 170 Å². The van der Waals surface area contributed by atoms with Gasteiger partial charge in [0.1, 0.15) is 0 Å². The number of benzene rings is 2. The van der Waals surface area contributed by atoms with Gasteiger partial charge >= 0.3 is 5.97 Å². The Kier molecular flexibility index (Phi) is 21.7. The second kappa shape index (κ2) is 26.2. The molecule has 55 heavy (non-hydrogen) atoms. The lowest BCUT2D eigenvalue weighted by Crippen LogP contribution is -2.25. The van der Waals surface area contributed by atoms with Crippen LogP contribution in [0.25, 0.3) is 0 Å². The van der Waals surface area contributed by atoms with E-state index in [1.54, 1.807) is 12.1 Å². The van der Waals surface area contributed by atoms with Crippen LogP contribution in [0.5, 0.6) is 34.5 Å². The Morgan fingerprint density at radius 1 is 0.418 bits per heavy atom. The molecule has 0 saturated heterocycles. The predicted octanol–water partition coefficient (Wildman–Crippen LogP) is 12.2. The van der Waals surface area contributed by atoms with Crippen LogP contribution in [0, 0.1) is 0 Å². The summed E-state index contributed by atoms with van der Waals surface area (Å²) in [7, 11) is 0. The average molecular weight is 767 g/mol. The normalized spacial score (nSPS) is 12.0.